The first-order valence-electron chi connectivity index (χ1n) is 3.11. The van der Waals surface area contributed by atoms with Gasteiger partial charge in [-0.25, -0.2) is 4.79 Å². The first kappa shape index (κ1) is 7.47. The molecule has 0 spiro atoms. The number of carbonyl (C=O) groups excluding carboxylic acids is 1. The summed E-state index contributed by atoms with van der Waals surface area (Å²) in [5.41, 5.74) is 0. The first-order valence-corrected chi connectivity index (χ1v) is 3.52. The van der Waals surface area contributed by atoms with Gasteiger partial charge in [-0.2, -0.15) is 0 Å². The molecular formula is C6H9NO2S. The van der Waals surface area contributed by atoms with Crippen LogP contribution in [-0.4, -0.2) is 24.1 Å². The molecule has 0 aromatic rings. The number of rotatable bonds is 1. The Morgan fingerprint density at radius 3 is 3.00 bits per heavy atom. The monoisotopic (exact) mass is 159 g/mol. The van der Waals surface area contributed by atoms with Gasteiger partial charge in [0.05, 0.1) is 12.1 Å². The second kappa shape index (κ2) is 2.96. The van der Waals surface area contributed by atoms with Crippen LogP contribution < -0.4 is 5.32 Å². The molecule has 1 aliphatic heterocycles. The lowest BCUT2D eigenvalue weighted by Crippen LogP contribution is -2.33. The number of hydrogen-bond donors (Lipinski definition) is 1. The van der Waals surface area contributed by atoms with Crippen LogP contribution in [-0.2, 0) is 9.53 Å². The van der Waals surface area contributed by atoms with Crippen molar-refractivity contribution in [2.45, 2.75) is 18.9 Å². The molecular weight excluding hydrogens is 150 g/mol. The zero-order chi connectivity index (χ0) is 7.56. The van der Waals surface area contributed by atoms with Crippen molar-refractivity contribution in [1.82, 2.24) is 5.32 Å². The zero-order valence-electron chi connectivity index (χ0n) is 5.72. The number of nitrogens with one attached hydrogen (secondary N) is 1. The van der Waals surface area contributed by atoms with Crippen LogP contribution in [0.15, 0.2) is 0 Å². The third kappa shape index (κ3) is 1.44. The van der Waals surface area contributed by atoms with Crippen molar-refractivity contribution in [3.8, 4) is 0 Å². The Labute approximate surface area is 64.7 Å². The lowest BCUT2D eigenvalue weighted by Gasteiger charge is -2.05. The van der Waals surface area contributed by atoms with E-state index >= 15 is 0 Å². The molecule has 1 unspecified atom stereocenters. The second-order valence-electron chi connectivity index (χ2n) is 2.18. The van der Waals surface area contributed by atoms with E-state index in [0.29, 0.717) is 0 Å². The number of esters is 1. The molecule has 1 rings (SSSR count). The average molecular weight is 159 g/mol. The molecule has 10 heavy (non-hydrogen) atoms. The maximum absolute atomic E-state index is 10.8. The van der Waals surface area contributed by atoms with Crippen molar-refractivity contribution in [1.29, 1.82) is 0 Å². The standard InChI is InChI=1S/C6H9NO2S/c1-9-6(8)4-2-3-5(10)7-4/h4H,2-3H2,1H3,(H,7,10). The largest absolute Gasteiger partial charge is 0.467 e. The quantitative estimate of drug-likeness (QED) is 0.439. The van der Waals surface area contributed by atoms with Crippen LogP contribution in [0.1, 0.15) is 12.8 Å². The van der Waals surface area contributed by atoms with Gasteiger partial charge < -0.3 is 10.1 Å². The molecule has 0 aromatic heterocycles. The molecule has 4 heteroatoms. The van der Waals surface area contributed by atoms with Gasteiger partial charge in [0.2, 0.25) is 0 Å². The van der Waals surface area contributed by atoms with Crippen molar-refractivity contribution in [3.63, 3.8) is 0 Å². The van der Waals surface area contributed by atoms with Gasteiger partial charge >= 0.3 is 5.97 Å². The van der Waals surface area contributed by atoms with Gasteiger partial charge in [-0.3, -0.25) is 0 Å². The smallest absolute Gasteiger partial charge is 0.328 e. The molecule has 0 bridgehead atoms. The van der Waals surface area contributed by atoms with Gasteiger partial charge in [-0.1, -0.05) is 12.2 Å². The summed E-state index contributed by atoms with van der Waals surface area (Å²) in [5.74, 6) is -0.222. The normalized spacial score (nSPS) is 24.1. The number of thiocarbonyl (C=S) groups is 1. The predicted octanol–water partition coefficient (Wildman–Crippen LogP) is 0.239. The third-order valence-electron chi connectivity index (χ3n) is 1.48. The van der Waals surface area contributed by atoms with Crippen LogP contribution >= 0.6 is 12.2 Å². The Bertz CT molecular complexity index is 169. The van der Waals surface area contributed by atoms with E-state index in [4.69, 9.17) is 12.2 Å². The lowest BCUT2D eigenvalue weighted by molar-refractivity contribution is -0.142. The molecule has 1 N–H and O–H groups in total. The fraction of sp³-hybridized carbons (Fsp3) is 0.667. The summed E-state index contributed by atoms with van der Waals surface area (Å²) in [6, 6.07) is -0.197. The summed E-state index contributed by atoms with van der Waals surface area (Å²) in [5, 5.41) is 2.86. The van der Waals surface area contributed by atoms with Gasteiger partial charge in [-0.15, -0.1) is 0 Å². The number of carbonyl (C=O) groups is 1. The summed E-state index contributed by atoms with van der Waals surface area (Å²) in [6.45, 7) is 0. The molecule has 1 fully saturated rings. The van der Waals surface area contributed by atoms with E-state index in [-0.39, 0.29) is 12.0 Å². The van der Waals surface area contributed by atoms with E-state index < -0.39 is 0 Å². The minimum atomic E-state index is -0.222. The average Bonchev–Trinajstić information content (AvgIpc) is 2.34. The zero-order valence-corrected chi connectivity index (χ0v) is 6.53. The van der Waals surface area contributed by atoms with Gasteiger partial charge in [-0.05, 0) is 6.42 Å². The topological polar surface area (TPSA) is 38.3 Å². The number of ether oxygens (including phenoxy) is 1. The Morgan fingerprint density at radius 2 is 2.60 bits per heavy atom. The maximum atomic E-state index is 10.8. The first-order chi connectivity index (χ1) is 4.74. The highest BCUT2D eigenvalue weighted by Gasteiger charge is 2.25. The summed E-state index contributed by atoms with van der Waals surface area (Å²) < 4.78 is 4.52. The molecule has 1 atom stereocenters. The molecule has 0 aromatic carbocycles. The van der Waals surface area contributed by atoms with E-state index in [0.717, 1.165) is 17.8 Å². The SMILES string of the molecule is COC(=O)C1CCC(=S)N1. The molecule has 1 saturated heterocycles. The molecule has 0 radical (unpaired) electrons. The van der Waals surface area contributed by atoms with E-state index in [1.165, 1.54) is 7.11 Å². The van der Waals surface area contributed by atoms with Crippen molar-refractivity contribution in [3.05, 3.63) is 0 Å². The fourth-order valence-corrected chi connectivity index (χ4v) is 1.19. The highest BCUT2D eigenvalue weighted by molar-refractivity contribution is 7.80. The molecule has 3 nitrogen and oxygen atoms in total. The van der Waals surface area contributed by atoms with Gasteiger partial charge in [0.15, 0.2) is 0 Å². The van der Waals surface area contributed by atoms with Crippen molar-refractivity contribution in [2.24, 2.45) is 0 Å². The van der Waals surface area contributed by atoms with Crippen LogP contribution in [0.3, 0.4) is 0 Å². The van der Waals surface area contributed by atoms with Crippen LogP contribution in [0.4, 0.5) is 0 Å². The molecule has 1 heterocycles. The summed E-state index contributed by atoms with van der Waals surface area (Å²) in [4.78, 5) is 11.6. The molecule has 0 aliphatic carbocycles. The second-order valence-corrected chi connectivity index (χ2v) is 2.67. The summed E-state index contributed by atoms with van der Waals surface area (Å²) >= 11 is 4.84. The highest BCUT2D eigenvalue weighted by Crippen LogP contribution is 2.08. The Balaban J connectivity index is 2.44. The minimum absolute atomic E-state index is 0.197. The number of methoxy groups -OCH3 is 1. The van der Waals surface area contributed by atoms with E-state index in [9.17, 15) is 4.79 Å². The van der Waals surface area contributed by atoms with E-state index in [1.807, 2.05) is 0 Å². The van der Waals surface area contributed by atoms with Gasteiger partial charge in [0.1, 0.15) is 6.04 Å². The molecule has 1 aliphatic rings. The molecule has 56 valence electrons. The van der Waals surface area contributed by atoms with E-state index in [1.54, 1.807) is 0 Å². The highest BCUT2D eigenvalue weighted by atomic mass is 32.1. The molecule has 0 amide bonds. The minimum Gasteiger partial charge on any atom is -0.467 e. The van der Waals surface area contributed by atoms with E-state index in [2.05, 4.69) is 10.1 Å². The van der Waals surface area contributed by atoms with Crippen LogP contribution in [0.25, 0.3) is 0 Å². The number of hydrogen-bond acceptors (Lipinski definition) is 3. The third-order valence-corrected chi connectivity index (χ3v) is 1.80. The summed E-state index contributed by atoms with van der Waals surface area (Å²) in [6.07, 6.45) is 1.57. The van der Waals surface area contributed by atoms with Crippen LogP contribution in [0.2, 0.25) is 0 Å². The van der Waals surface area contributed by atoms with Crippen molar-refractivity contribution >= 4 is 23.2 Å². The van der Waals surface area contributed by atoms with Crippen LogP contribution in [0, 0.1) is 0 Å². The van der Waals surface area contributed by atoms with Gasteiger partial charge in [0, 0.05) is 6.42 Å². The molecule has 0 saturated carbocycles. The predicted molar refractivity (Wildman–Crippen MR) is 40.8 cm³/mol. The lowest BCUT2D eigenvalue weighted by atomic mass is 10.2. The maximum Gasteiger partial charge on any atom is 0.328 e. The van der Waals surface area contributed by atoms with Crippen LogP contribution in [0.5, 0.6) is 0 Å². The van der Waals surface area contributed by atoms with Crippen molar-refractivity contribution < 1.29 is 9.53 Å². The van der Waals surface area contributed by atoms with Crippen molar-refractivity contribution in [2.75, 3.05) is 7.11 Å². The Hall–Kier alpha value is -0.640. The Morgan fingerprint density at radius 1 is 1.90 bits per heavy atom. The Kier molecular flexibility index (Phi) is 2.21. The summed E-state index contributed by atoms with van der Waals surface area (Å²) in [7, 11) is 1.38. The fourth-order valence-electron chi connectivity index (χ4n) is 0.933. The van der Waals surface area contributed by atoms with Gasteiger partial charge in [0.25, 0.3) is 0 Å².